The second-order valence-corrected chi connectivity index (χ2v) is 1.75. The Kier molecular flexibility index (Phi) is 4.05. The molecule has 0 N–H and O–H groups in total. The number of ether oxygens (including phenoxy) is 1. The van der Waals surface area contributed by atoms with Crippen LogP contribution in [0.5, 0.6) is 0 Å². The van der Waals surface area contributed by atoms with E-state index < -0.39 is 0 Å². The zero-order chi connectivity index (χ0) is 7.98. The van der Waals surface area contributed by atoms with Crippen LogP contribution in [0.3, 0.4) is 0 Å². The van der Waals surface area contributed by atoms with Crippen LogP contribution in [-0.4, -0.2) is 7.11 Å². The lowest BCUT2D eigenvalue weighted by atomic mass is 10.2. The average molecular weight is 136 g/mol. The standard InChI is InChI=1S/C9H12O/c1-5-6-7-8(2)9(3)10-4/h5-7H,1-3H2,4H3. The van der Waals surface area contributed by atoms with E-state index in [2.05, 4.69) is 19.7 Å². The monoisotopic (exact) mass is 136 g/mol. The van der Waals surface area contributed by atoms with Gasteiger partial charge in [0.15, 0.2) is 0 Å². The van der Waals surface area contributed by atoms with Crippen LogP contribution in [-0.2, 0) is 4.74 Å². The zero-order valence-electron chi connectivity index (χ0n) is 6.26. The molecule has 0 heterocycles. The normalized spacial score (nSPS) is 9.30. The smallest absolute Gasteiger partial charge is 0.118 e. The third-order valence-corrected chi connectivity index (χ3v) is 1.04. The third-order valence-electron chi connectivity index (χ3n) is 1.04. The Hall–Kier alpha value is -1.24. The molecule has 0 aliphatic carbocycles. The highest BCUT2D eigenvalue weighted by Gasteiger charge is 1.91. The van der Waals surface area contributed by atoms with Gasteiger partial charge in [0, 0.05) is 5.57 Å². The van der Waals surface area contributed by atoms with Gasteiger partial charge in [-0.1, -0.05) is 38.0 Å². The Morgan fingerprint density at radius 3 is 2.40 bits per heavy atom. The van der Waals surface area contributed by atoms with E-state index in [-0.39, 0.29) is 0 Å². The molecule has 0 bridgehead atoms. The molecule has 0 radical (unpaired) electrons. The summed E-state index contributed by atoms with van der Waals surface area (Å²) < 4.78 is 4.83. The van der Waals surface area contributed by atoms with E-state index in [0.717, 1.165) is 5.57 Å². The maximum Gasteiger partial charge on any atom is 0.118 e. The van der Waals surface area contributed by atoms with Gasteiger partial charge in [-0.15, -0.1) is 0 Å². The molecule has 0 atom stereocenters. The molecule has 0 unspecified atom stereocenters. The minimum absolute atomic E-state index is 0.582. The highest BCUT2D eigenvalue weighted by atomic mass is 16.5. The molecule has 0 spiro atoms. The summed E-state index contributed by atoms with van der Waals surface area (Å²) in [7, 11) is 1.56. The molecule has 0 saturated carbocycles. The van der Waals surface area contributed by atoms with Gasteiger partial charge >= 0.3 is 0 Å². The fourth-order valence-electron chi connectivity index (χ4n) is 0.408. The molecule has 54 valence electrons. The van der Waals surface area contributed by atoms with E-state index in [9.17, 15) is 0 Å². The van der Waals surface area contributed by atoms with Gasteiger partial charge in [-0.05, 0) is 0 Å². The number of rotatable bonds is 4. The van der Waals surface area contributed by atoms with Crippen molar-refractivity contribution in [2.45, 2.75) is 0 Å². The van der Waals surface area contributed by atoms with Gasteiger partial charge in [-0.2, -0.15) is 0 Å². The molecule has 0 aliphatic rings. The van der Waals surface area contributed by atoms with Crippen LogP contribution in [0.15, 0.2) is 49.3 Å². The predicted octanol–water partition coefficient (Wildman–Crippen LogP) is 2.44. The second kappa shape index (κ2) is 4.62. The predicted molar refractivity (Wildman–Crippen MR) is 44.6 cm³/mol. The second-order valence-electron chi connectivity index (χ2n) is 1.75. The van der Waals surface area contributed by atoms with Crippen molar-refractivity contribution in [3.05, 3.63) is 49.3 Å². The molecule has 10 heavy (non-hydrogen) atoms. The summed E-state index contributed by atoms with van der Waals surface area (Å²) in [6, 6.07) is 0. The molecule has 1 heteroatoms. The summed E-state index contributed by atoms with van der Waals surface area (Å²) in [6.07, 6.45) is 5.25. The van der Waals surface area contributed by atoms with Crippen LogP contribution >= 0.6 is 0 Å². The number of hydrogen-bond donors (Lipinski definition) is 0. The van der Waals surface area contributed by atoms with Crippen molar-refractivity contribution in [2.24, 2.45) is 0 Å². The molecule has 0 amide bonds. The van der Waals surface area contributed by atoms with Crippen LogP contribution in [0.2, 0.25) is 0 Å². The molecule has 0 aliphatic heterocycles. The summed E-state index contributed by atoms with van der Waals surface area (Å²) in [5.74, 6) is 0.582. The quantitative estimate of drug-likeness (QED) is 0.426. The van der Waals surface area contributed by atoms with Crippen LogP contribution in [0.4, 0.5) is 0 Å². The van der Waals surface area contributed by atoms with E-state index >= 15 is 0 Å². The van der Waals surface area contributed by atoms with Gasteiger partial charge in [0.2, 0.25) is 0 Å². The average Bonchev–Trinajstić information content (AvgIpc) is 1.98. The zero-order valence-corrected chi connectivity index (χ0v) is 6.26. The first-order valence-corrected chi connectivity index (χ1v) is 2.93. The molecule has 0 aromatic rings. The highest BCUT2D eigenvalue weighted by Crippen LogP contribution is 2.05. The summed E-state index contributed by atoms with van der Waals surface area (Å²) >= 11 is 0. The van der Waals surface area contributed by atoms with E-state index in [1.807, 2.05) is 0 Å². The van der Waals surface area contributed by atoms with Crippen molar-refractivity contribution in [1.82, 2.24) is 0 Å². The minimum atomic E-state index is 0.582. The van der Waals surface area contributed by atoms with E-state index in [0.29, 0.717) is 5.76 Å². The molecular weight excluding hydrogens is 124 g/mol. The Balaban J connectivity index is 3.97. The first kappa shape index (κ1) is 8.76. The first-order chi connectivity index (χ1) is 4.72. The molecule has 0 aromatic carbocycles. The van der Waals surface area contributed by atoms with Gasteiger partial charge in [0.25, 0.3) is 0 Å². The molecule has 0 aromatic heterocycles. The van der Waals surface area contributed by atoms with Crippen molar-refractivity contribution in [2.75, 3.05) is 7.11 Å². The lowest BCUT2D eigenvalue weighted by molar-refractivity contribution is 0.305. The maximum absolute atomic E-state index is 4.83. The van der Waals surface area contributed by atoms with Crippen LogP contribution in [0, 0.1) is 0 Å². The van der Waals surface area contributed by atoms with Crippen molar-refractivity contribution in [1.29, 1.82) is 0 Å². The Bertz CT molecular complexity index is 175. The van der Waals surface area contributed by atoms with Gasteiger partial charge in [-0.3, -0.25) is 0 Å². The number of methoxy groups -OCH3 is 1. The fourth-order valence-corrected chi connectivity index (χ4v) is 0.408. The van der Waals surface area contributed by atoms with Crippen molar-refractivity contribution < 1.29 is 4.74 Å². The lowest BCUT2D eigenvalue weighted by Gasteiger charge is -2.00. The SMILES string of the molecule is C=CC=CC(=C)C(=C)OC. The molecule has 0 saturated heterocycles. The van der Waals surface area contributed by atoms with Crippen molar-refractivity contribution in [3.8, 4) is 0 Å². The highest BCUT2D eigenvalue weighted by molar-refractivity contribution is 5.32. The van der Waals surface area contributed by atoms with Gasteiger partial charge in [-0.25, -0.2) is 0 Å². The number of allylic oxidation sites excluding steroid dienone is 3. The molecule has 0 rings (SSSR count). The first-order valence-electron chi connectivity index (χ1n) is 2.93. The minimum Gasteiger partial charge on any atom is -0.497 e. The maximum atomic E-state index is 4.83. The van der Waals surface area contributed by atoms with E-state index in [4.69, 9.17) is 4.74 Å². The van der Waals surface area contributed by atoms with Gasteiger partial charge in [0.1, 0.15) is 5.76 Å². The molecule has 0 fully saturated rings. The Labute approximate surface area is 62.0 Å². The van der Waals surface area contributed by atoms with Crippen molar-refractivity contribution in [3.63, 3.8) is 0 Å². The Morgan fingerprint density at radius 1 is 1.40 bits per heavy atom. The van der Waals surface area contributed by atoms with E-state index in [1.54, 1.807) is 25.3 Å². The Morgan fingerprint density at radius 2 is 2.00 bits per heavy atom. The fraction of sp³-hybridized carbons (Fsp3) is 0.111. The van der Waals surface area contributed by atoms with E-state index in [1.165, 1.54) is 0 Å². The lowest BCUT2D eigenvalue weighted by Crippen LogP contribution is -1.84. The topological polar surface area (TPSA) is 9.23 Å². The largest absolute Gasteiger partial charge is 0.497 e. The van der Waals surface area contributed by atoms with Gasteiger partial charge in [0.05, 0.1) is 7.11 Å². The summed E-state index contributed by atoms with van der Waals surface area (Å²) in [5, 5.41) is 0. The van der Waals surface area contributed by atoms with Crippen LogP contribution < -0.4 is 0 Å². The molecular formula is C9H12O. The van der Waals surface area contributed by atoms with Gasteiger partial charge < -0.3 is 4.74 Å². The summed E-state index contributed by atoms with van der Waals surface area (Å²) in [6.45, 7) is 10.8. The number of hydrogen-bond acceptors (Lipinski definition) is 1. The van der Waals surface area contributed by atoms with Crippen molar-refractivity contribution >= 4 is 0 Å². The van der Waals surface area contributed by atoms with Crippen LogP contribution in [0.1, 0.15) is 0 Å². The summed E-state index contributed by atoms with van der Waals surface area (Å²) in [4.78, 5) is 0. The molecule has 1 nitrogen and oxygen atoms in total. The van der Waals surface area contributed by atoms with Crippen LogP contribution in [0.25, 0.3) is 0 Å². The summed E-state index contributed by atoms with van der Waals surface area (Å²) in [5.41, 5.74) is 0.766. The third kappa shape index (κ3) is 2.92.